The normalized spacial score (nSPS) is 12.9. The summed E-state index contributed by atoms with van der Waals surface area (Å²) in [6, 6.07) is 0. The molecule has 0 spiro atoms. The molecular formula is C14H30O2. The lowest BCUT2D eigenvalue weighted by Crippen LogP contribution is -2.11. The fraction of sp³-hybridized carbons (Fsp3) is 1.00. The average molecular weight is 230 g/mol. The van der Waals surface area contributed by atoms with Crippen LogP contribution >= 0.6 is 0 Å². The fourth-order valence-corrected chi connectivity index (χ4v) is 2.04. The third-order valence-corrected chi connectivity index (χ3v) is 3.10. The summed E-state index contributed by atoms with van der Waals surface area (Å²) in [6.45, 7) is 4.02. The van der Waals surface area contributed by atoms with E-state index in [4.69, 9.17) is 9.47 Å². The summed E-state index contributed by atoms with van der Waals surface area (Å²) >= 11 is 0. The van der Waals surface area contributed by atoms with Gasteiger partial charge in [0.25, 0.3) is 0 Å². The fourth-order valence-electron chi connectivity index (χ4n) is 2.04. The maximum atomic E-state index is 5.24. The Morgan fingerprint density at radius 2 is 1.50 bits per heavy atom. The molecule has 0 saturated heterocycles. The number of unbranched alkanes of at least 4 members (excludes halogenated alkanes) is 5. The van der Waals surface area contributed by atoms with Gasteiger partial charge in [0.15, 0.2) is 0 Å². The molecule has 0 radical (unpaired) electrons. The zero-order valence-corrected chi connectivity index (χ0v) is 11.5. The molecule has 2 heteroatoms. The number of rotatable bonds is 12. The molecule has 0 aliphatic heterocycles. The molecule has 0 aromatic rings. The summed E-state index contributed by atoms with van der Waals surface area (Å²) in [5.41, 5.74) is 0. The van der Waals surface area contributed by atoms with Gasteiger partial charge in [0.1, 0.15) is 0 Å². The number of methoxy groups -OCH3 is 2. The predicted molar refractivity (Wildman–Crippen MR) is 69.9 cm³/mol. The van der Waals surface area contributed by atoms with Crippen LogP contribution in [0.4, 0.5) is 0 Å². The first-order valence-electron chi connectivity index (χ1n) is 6.83. The summed E-state index contributed by atoms with van der Waals surface area (Å²) in [5.74, 6) is 0.691. The Balaban J connectivity index is 3.36. The molecule has 0 aromatic carbocycles. The monoisotopic (exact) mass is 230 g/mol. The number of hydrogen-bond acceptors (Lipinski definition) is 2. The van der Waals surface area contributed by atoms with Gasteiger partial charge in [0.05, 0.1) is 0 Å². The van der Waals surface area contributed by atoms with E-state index < -0.39 is 0 Å². The van der Waals surface area contributed by atoms with Crippen LogP contribution in [-0.2, 0) is 9.47 Å². The molecule has 0 N–H and O–H groups in total. The molecule has 0 aliphatic rings. The van der Waals surface area contributed by atoms with Crippen molar-refractivity contribution in [3.8, 4) is 0 Å². The van der Waals surface area contributed by atoms with Crippen LogP contribution in [0.5, 0.6) is 0 Å². The van der Waals surface area contributed by atoms with E-state index in [0.29, 0.717) is 5.92 Å². The molecule has 98 valence electrons. The minimum Gasteiger partial charge on any atom is -0.385 e. The predicted octanol–water partition coefficient (Wildman–Crippen LogP) is 4.04. The highest BCUT2D eigenvalue weighted by molar-refractivity contribution is 4.59. The van der Waals surface area contributed by atoms with Crippen LogP contribution in [0.1, 0.15) is 58.3 Å². The number of hydrogen-bond donors (Lipinski definition) is 0. The second-order valence-electron chi connectivity index (χ2n) is 4.66. The lowest BCUT2D eigenvalue weighted by molar-refractivity contribution is 0.112. The van der Waals surface area contributed by atoms with Crippen LogP contribution in [0.3, 0.4) is 0 Å². The van der Waals surface area contributed by atoms with Crippen LogP contribution in [0.25, 0.3) is 0 Å². The first-order chi connectivity index (χ1) is 7.85. The highest BCUT2D eigenvalue weighted by atomic mass is 16.5. The molecule has 1 atom stereocenters. The molecule has 0 bridgehead atoms. The van der Waals surface area contributed by atoms with Crippen molar-refractivity contribution in [2.24, 2.45) is 5.92 Å². The summed E-state index contributed by atoms with van der Waals surface area (Å²) in [4.78, 5) is 0. The topological polar surface area (TPSA) is 18.5 Å². The smallest absolute Gasteiger partial charge is 0.0491 e. The number of ether oxygens (including phenoxy) is 2. The maximum Gasteiger partial charge on any atom is 0.0491 e. The summed E-state index contributed by atoms with van der Waals surface area (Å²) in [5, 5.41) is 0. The molecule has 0 amide bonds. The quantitative estimate of drug-likeness (QED) is 0.471. The van der Waals surface area contributed by atoms with Gasteiger partial charge in [0.2, 0.25) is 0 Å². The van der Waals surface area contributed by atoms with Crippen LogP contribution in [0, 0.1) is 5.92 Å². The third-order valence-electron chi connectivity index (χ3n) is 3.10. The van der Waals surface area contributed by atoms with Crippen LogP contribution in [0.2, 0.25) is 0 Å². The molecule has 0 saturated carbocycles. The van der Waals surface area contributed by atoms with Gasteiger partial charge in [-0.3, -0.25) is 0 Å². The first kappa shape index (κ1) is 15.9. The van der Waals surface area contributed by atoms with E-state index in [1.807, 2.05) is 0 Å². The van der Waals surface area contributed by atoms with E-state index in [-0.39, 0.29) is 0 Å². The second kappa shape index (κ2) is 13.0. The van der Waals surface area contributed by atoms with E-state index >= 15 is 0 Å². The zero-order valence-electron chi connectivity index (χ0n) is 11.5. The van der Waals surface area contributed by atoms with Crippen molar-refractivity contribution in [2.45, 2.75) is 58.3 Å². The lowest BCUT2D eigenvalue weighted by atomic mass is 9.98. The Hall–Kier alpha value is -0.0800. The molecule has 16 heavy (non-hydrogen) atoms. The highest BCUT2D eigenvalue weighted by Gasteiger charge is 2.07. The van der Waals surface area contributed by atoms with E-state index in [0.717, 1.165) is 19.6 Å². The second-order valence-corrected chi connectivity index (χ2v) is 4.66. The van der Waals surface area contributed by atoms with Gasteiger partial charge in [0, 0.05) is 27.4 Å². The Kier molecular flexibility index (Phi) is 12.9. The van der Waals surface area contributed by atoms with E-state index in [9.17, 15) is 0 Å². The Morgan fingerprint density at radius 3 is 2.12 bits per heavy atom. The van der Waals surface area contributed by atoms with Crippen molar-refractivity contribution in [1.29, 1.82) is 0 Å². The molecule has 0 aliphatic carbocycles. The molecule has 2 nitrogen and oxygen atoms in total. The molecule has 0 aromatic heterocycles. The Morgan fingerprint density at radius 1 is 0.812 bits per heavy atom. The van der Waals surface area contributed by atoms with Crippen molar-refractivity contribution >= 4 is 0 Å². The Labute approximate surface area is 102 Å². The molecule has 0 fully saturated rings. The van der Waals surface area contributed by atoms with Crippen LogP contribution in [-0.4, -0.2) is 27.4 Å². The maximum absolute atomic E-state index is 5.24. The summed E-state index contributed by atoms with van der Waals surface area (Å²) in [7, 11) is 3.57. The Bertz CT molecular complexity index is 126. The third kappa shape index (κ3) is 10.4. The highest BCUT2D eigenvalue weighted by Crippen LogP contribution is 2.15. The molecule has 1 unspecified atom stereocenters. The van der Waals surface area contributed by atoms with Crippen molar-refractivity contribution in [2.75, 3.05) is 27.4 Å². The summed E-state index contributed by atoms with van der Waals surface area (Å²) < 4.78 is 10.4. The van der Waals surface area contributed by atoms with Gasteiger partial charge in [-0.15, -0.1) is 0 Å². The van der Waals surface area contributed by atoms with E-state index in [1.165, 1.54) is 44.9 Å². The molecule has 0 rings (SSSR count). The van der Waals surface area contributed by atoms with Gasteiger partial charge in [-0.25, -0.2) is 0 Å². The van der Waals surface area contributed by atoms with E-state index in [2.05, 4.69) is 6.92 Å². The van der Waals surface area contributed by atoms with Gasteiger partial charge in [-0.1, -0.05) is 45.4 Å². The zero-order chi connectivity index (χ0) is 12.1. The van der Waals surface area contributed by atoms with Crippen molar-refractivity contribution in [1.82, 2.24) is 0 Å². The van der Waals surface area contributed by atoms with Crippen molar-refractivity contribution in [3.63, 3.8) is 0 Å². The van der Waals surface area contributed by atoms with Gasteiger partial charge >= 0.3 is 0 Å². The van der Waals surface area contributed by atoms with Crippen molar-refractivity contribution in [3.05, 3.63) is 0 Å². The standard InChI is InChI=1S/C14H30O2/c1-4-5-6-7-8-9-10-14(13-16-3)11-12-15-2/h14H,4-13H2,1-3H3. The minimum absolute atomic E-state index is 0.691. The minimum atomic E-state index is 0.691. The van der Waals surface area contributed by atoms with Gasteiger partial charge in [-0.2, -0.15) is 0 Å². The molecular weight excluding hydrogens is 200 g/mol. The van der Waals surface area contributed by atoms with Gasteiger partial charge in [-0.05, 0) is 18.8 Å². The lowest BCUT2D eigenvalue weighted by Gasteiger charge is -2.15. The largest absolute Gasteiger partial charge is 0.385 e. The van der Waals surface area contributed by atoms with Crippen molar-refractivity contribution < 1.29 is 9.47 Å². The molecule has 0 heterocycles. The van der Waals surface area contributed by atoms with E-state index in [1.54, 1.807) is 14.2 Å². The summed E-state index contributed by atoms with van der Waals surface area (Å²) in [6.07, 6.45) is 10.7. The SMILES string of the molecule is CCCCCCCCC(CCOC)COC. The van der Waals surface area contributed by atoms with Crippen LogP contribution in [0.15, 0.2) is 0 Å². The van der Waals surface area contributed by atoms with Crippen LogP contribution < -0.4 is 0 Å². The van der Waals surface area contributed by atoms with Gasteiger partial charge < -0.3 is 9.47 Å². The first-order valence-corrected chi connectivity index (χ1v) is 6.83. The average Bonchev–Trinajstić information content (AvgIpc) is 2.30.